The highest BCUT2D eigenvalue weighted by Gasteiger charge is 2.37. The summed E-state index contributed by atoms with van der Waals surface area (Å²) in [5, 5.41) is 13.8. The molecule has 2 saturated heterocycles. The SMILES string of the molecule is C=CC(=O)N1CCC(C(=O)NCC2(O)CCN(Cc3ccccc3)C2)CC1. The highest BCUT2D eigenvalue weighted by atomic mass is 16.3. The summed E-state index contributed by atoms with van der Waals surface area (Å²) >= 11 is 0. The molecule has 2 aliphatic heterocycles. The fourth-order valence-corrected chi connectivity index (χ4v) is 3.95. The Morgan fingerprint density at radius 3 is 2.59 bits per heavy atom. The van der Waals surface area contributed by atoms with Crippen LogP contribution in [0.25, 0.3) is 0 Å². The van der Waals surface area contributed by atoms with Gasteiger partial charge in [0.2, 0.25) is 11.8 Å². The van der Waals surface area contributed by atoms with Gasteiger partial charge < -0.3 is 15.3 Å². The van der Waals surface area contributed by atoms with Crippen LogP contribution in [0.3, 0.4) is 0 Å². The van der Waals surface area contributed by atoms with Gasteiger partial charge in [0.1, 0.15) is 0 Å². The van der Waals surface area contributed by atoms with E-state index >= 15 is 0 Å². The predicted octanol–water partition coefficient (Wildman–Crippen LogP) is 1.16. The number of amides is 2. The Labute approximate surface area is 160 Å². The van der Waals surface area contributed by atoms with Crippen molar-refractivity contribution >= 4 is 11.8 Å². The molecule has 0 spiro atoms. The van der Waals surface area contributed by atoms with E-state index in [2.05, 4.69) is 28.9 Å². The Morgan fingerprint density at radius 1 is 1.22 bits per heavy atom. The van der Waals surface area contributed by atoms with Crippen molar-refractivity contribution in [3.05, 3.63) is 48.6 Å². The maximum absolute atomic E-state index is 12.5. The molecule has 0 aliphatic carbocycles. The van der Waals surface area contributed by atoms with Gasteiger partial charge in [-0.15, -0.1) is 0 Å². The Kier molecular flexibility index (Phi) is 6.29. The third-order valence-corrected chi connectivity index (χ3v) is 5.60. The molecule has 1 atom stereocenters. The highest BCUT2D eigenvalue weighted by molar-refractivity contribution is 5.87. The van der Waals surface area contributed by atoms with Gasteiger partial charge in [0.05, 0.1) is 5.60 Å². The minimum Gasteiger partial charge on any atom is -0.387 e. The Balaban J connectivity index is 1.42. The van der Waals surface area contributed by atoms with E-state index in [1.165, 1.54) is 11.6 Å². The van der Waals surface area contributed by atoms with Crippen molar-refractivity contribution in [2.75, 3.05) is 32.7 Å². The van der Waals surface area contributed by atoms with Crippen LogP contribution in [0.15, 0.2) is 43.0 Å². The molecule has 2 amide bonds. The molecule has 146 valence electrons. The summed E-state index contributed by atoms with van der Waals surface area (Å²) in [4.78, 5) is 28.0. The van der Waals surface area contributed by atoms with Crippen LogP contribution in [0, 0.1) is 5.92 Å². The third-order valence-electron chi connectivity index (χ3n) is 5.60. The second-order valence-electron chi connectivity index (χ2n) is 7.69. The zero-order valence-electron chi connectivity index (χ0n) is 15.8. The molecular formula is C21H29N3O3. The number of nitrogens with one attached hydrogen (secondary N) is 1. The zero-order chi connectivity index (χ0) is 19.3. The lowest BCUT2D eigenvalue weighted by Crippen LogP contribution is -2.48. The number of likely N-dealkylation sites (tertiary alicyclic amines) is 2. The summed E-state index contributed by atoms with van der Waals surface area (Å²) in [6, 6.07) is 10.2. The van der Waals surface area contributed by atoms with Crippen LogP contribution in [0.4, 0.5) is 0 Å². The van der Waals surface area contributed by atoms with E-state index in [1.807, 2.05) is 18.2 Å². The van der Waals surface area contributed by atoms with Crippen molar-refractivity contribution in [1.29, 1.82) is 0 Å². The lowest BCUT2D eigenvalue weighted by atomic mass is 9.95. The Hall–Kier alpha value is -2.18. The van der Waals surface area contributed by atoms with Gasteiger partial charge in [-0.05, 0) is 30.9 Å². The molecule has 2 aliphatic rings. The van der Waals surface area contributed by atoms with Crippen LogP contribution in [0.5, 0.6) is 0 Å². The Bertz CT molecular complexity index is 671. The minimum absolute atomic E-state index is 0.0179. The summed E-state index contributed by atoms with van der Waals surface area (Å²) in [6.07, 6.45) is 3.29. The van der Waals surface area contributed by atoms with E-state index in [9.17, 15) is 14.7 Å². The van der Waals surface area contributed by atoms with Gasteiger partial charge in [-0.3, -0.25) is 14.5 Å². The van der Waals surface area contributed by atoms with Gasteiger partial charge in [0.25, 0.3) is 0 Å². The van der Waals surface area contributed by atoms with Crippen LogP contribution in [0.2, 0.25) is 0 Å². The van der Waals surface area contributed by atoms with Gasteiger partial charge in [-0.2, -0.15) is 0 Å². The smallest absolute Gasteiger partial charge is 0.245 e. The topological polar surface area (TPSA) is 72.9 Å². The van der Waals surface area contributed by atoms with Crippen molar-refractivity contribution in [2.45, 2.75) is 31.4 Å². The maximum Gasteiger partial charge on any atom is 0.245 e. The van der Waals surface area contributed by atoms with Crippen molar-refractivity contribution in [3.8, 4) is 0 Å². The first-order chi connectivity index (χ1) is 13.0. The fraction of sp³-hybridized carbons (Fsp3) is 0.524. The Morgan fingerprint density at radius 2 is 1.93 bits per heavy atom. The summed E-state index contributed by atoms with van der Waals surface area (Å²) in [7, 11) is 0. The largest absolute Gasteiger partial charge is 0.387 e. The number of hydrogen-bond donors (Lipinski definition) is 2. The number of aliphatic hydroxyl groups is 1. The van der Waals surface area contributed by atoms with Crippen LogP contribution in [0.1, 0.15) is 24.8 Å². The normalized spacial score (nSPS) is 24.0. The van der Waals surface area contributed by atoms with Gasteiger partial charge in [-0.25, -0.2) is 0 Å². The molecule has 1 unspecified atom stereocenters. The standard InChI is InChI=1S/C21H29N3O3/c1-2-19(25)24-11-8-18(9-12-24)20(26)22-15-21(27)10-13-23(16-21)14-17-6-4-3-5-7-17/h2-7,18,27H,1,8-16H2,(H,22,26). The lowest BCUT2D eigenvalue weighted by molar-refractivity contribution is -0.132. The molecule has 27 heavy (non-hydrogen) atoms. The molecular weight excluding hydrogens is 342 g/mol. The number of hydrogen-bond acceptors (Lipinski definition) is 4. The number of benzene rings is 1. The van der Waals surface area contributed by atoms with E-state index in [0.717, 1.165) is 13.1 Å². The number of β-amino-alcohol motifs (C(OH)–C–C–N with tert-alkyl or cyclic N) is 1. The first-order valence-electron chi connectivity index (χ1n) is 9.67. The van der Waals surface area contributed by atoms with Crippen LogP contribution >= 0.6 is 0 Å². The molecule has 0 saturated carbocycles. The molecule has 0 radical (unpaired) electrons. The van der Waals surface area contributed by atoms with Gasteiger partial charge in [-0.1, -0.05) is 36.9 Å². The second kappa shape index (κ2) is 8.67. The molecule has 6 heteroatoms. The second-order valence-corrected chi connectivity index (χ2v) is 7.69. The average Bonchev–Trinajstić information content (AvgIpc) is 3.07. The van der Waals surface area contributed by atoms with Crippen molar-refractivity contribution < 1.29 is 14.7 Å². The summed E-state index contributed by atoms with van der Waals surface area (Å²) in [5.74, 6) is -0.187. The van der Waals surface area contributed by atoms with Crippen molar-refractivity contribution in [1.82, 2.24) is 15.1 Å². The van der Waals surface area contributed by atoms with Crippen LogP contribution in [-0.4, -0.2) is 65.0 Å². The molecule has 2 heterocycles. The van der Waals surface area contributed by atoms with Crippen LogP contribution in [-0.2, 0) is 16.1 Å². The predicted molar refractivity (Wildman–Crippen MR) is 104 cm³/mol. The van der Waals surface area contributed by atoms with E-state index < -0.39 is 5.60 Å². The van der Waals surface area contributed by atoms with Crippen molar-refractivity contribution in [2.24, 2.45) is 5.92 Å². The summed E-state index contributed by atoms with van der Waals surface area (Å²) in [5.41, 5.74) is 0.357. The van der Waals surface area contributed by atoms with Gasteiger partial charge in [0, 0.05) is 45.2 Å². The lowest BCUT2D eigenvalue weighted by Gasteiger charge is -2.31. The fourth-order valence-electron chi connectivity index (χ4n) is 3.95. The van der Waals surface area contributed by atoms with Crippen LogP contribution < -0.4 is 5.32 Å². The first kappa shape index (κ1) is 19.6. The van der Waals surface area contributed by atoms with E-state index in [-0.39, 0.29) is 24.3 Å². The minimum atomic E-state index is -0.871. The molecule has 0 aromatic heterocycles. The molecule has 2 fully saturated rings. The third kappa shape index (κ3) is 5.17. The molecule has 2 N–H and O–H groups in total. The summed E-state index contributed by atoms with van der Waals surface area (Å²) in [6.45, 7) is 7.14. The molecule has 1 aromatic carbocycles. The quantitative estimate of drug-likeness (QED) is 0.736. The number of rotatable bonds is 6. The molecule has 3 rings (SSSR count). The zero-order valence-corrected chi connectivity index (χ0v) is 15.8. The monoisotopic (exact) mass is 371 g/mol. The van der Waals surface area contributed by atoms with E-state index in [1.54, 1.807) is 4.90 Å². The molecule has 0 bridgehead atoms. The molecule has 1 aromatic rings. The van der Waals surface area contributed by atoms with Crippen molar-refractivity contribution in [3.63, 3.8) is 0 Å². The maximum atomic E-state index is 12.5. The van der Waals surface area contributed by atoms with E-state index in [0.29, 0.717) is 38.9 Å². The first-order valence-corrected chi connectivity index (χ1v) is 9.67. The number of carbonyl (C=O) groups excluding carboxylic acids is 2. The van der Waals surface area contributed by atoms with Gasteiger partial charge >= 0.3 is 0 Å². The van der Waals surface area contributed by atoms with Gasteiger partial charge in [0.15, 0.2) is 0 Å². The highest BCUT2D eigenvalue weighted by Crippen LogP contribution is 2.23. The summed E-state index contributed by atoms with van der Waals surface area (Å²) < 4.78 is 0. The molecule has 6 nitrogen and oxygen atoms in total. The average molecular weight is 371 g/mol. The number of carbonyl (C=O) groups is 2. The number of nitrogens with zero attached hydrogens (tertiary/aromatic N) is 2. The number of piperidine rings is 1. The van der Waals surface area contributed by atoms with E-state index in [4.69, 9.17) is 0 Å².